The molecule has 1 saturated heterocycles. The van der Waals surface area contributed by atoms with Gasteiger partial charge in [-0.2, -0.15) is 0 Å². The van der Waals surface area contributed by atoms with Crippen molar-refractivity contribution in [2.75, 3.05) is 0 Å². The van der Waals surface area contributed by atoms with Gasteiger partial charge in [-0.25, -0.2) is 0 Å². The van der Waals surface area contributed by atoms with E-state index in [2.05, 4.69) is 6.92 Å². The fourth-order valence-electron chi connectivity index (χ4n) is 1.09. The third kappa shape index (κ3) is 1.66. The van der Waals surface area contributed by atoms with Crippen LogP contribution < -0.4 is 0 Å². The molecule has 0 aliphatic carbocycles. The van der Waals surface area contributed by atoms with Crippen molar-refractivity contribution in [2.24, 2.45) is 5.92 Å². The lowest BCUT2D eigenvalue weighted by Crippen LogP contribution is -2.31. The fraction of sp³-hybridized carbons (Fsp3) is 1.00. The van der Waals surface area contributed by atoms with Crippen molar-refractivity contribution in [3.05, 3.63) is 0 Å². The van der Waals surface area contributed by atoms with Gasteiger partial charge >= 0.3 is 0 Å². The molecule has 2 heteroatoms. The molecule has 9 heavy (non-hydrogen) atoms. The highest BCUT2D eigenvalue weighted by molar-refractivity contribution is 4.67. The maximum atomic E-state index is 8.98. The third-order valence-corrected chi connectivity index (χ3v) is 2.04. The Morgan fingerprint density at radius 2 is 2.00 bits per heavy atom. The Hall–Kier alpha value is -0.0800. The molecule has 0 spiro atoms. The number of aliphatic hydroxyl groups is 1. The molecule has 0 bridgehead atoms. The van der Waals surface area contributed by atoms with E-state index in [0.717, 1.165) is 12.8 Å². The molecular weight excluding hydrogens is 116 g/mol. The zero-order chi connectivity index (χ0) is 6.85. The predicted octanol–water partition coefficient (Wildman–Crippen LogP) is 1.14. The first kappa shape index (κ1) is 7.03. The van der Waals surface area contributed by atoms with Gasteiger partial charge in [0, 0.05) is 0 Å². The molecule has 0 unspecified atom stereocenters. The average molecular weight is 130 g/mol. The number of hydrogen-bond acceptors (Lipinski definition) is 2. The molecule has 1 N–H and O–H groups in total. The second-order valence-corrected chi connectivity index (χ2v) is 2.85. The molecule has 1 aliphatic rings. The molecule has 0 aromatic carbocycles. The van der Waals surface area contributed by atoms with Crippen LogP contribution >= 0.6 is 0 Å². The highest BCUT2D eigenvalue weighted by Crippen LogP contribution is 2.22. The highest BCUT2D eigenvalue weighted by Gasteiger charge is 2.22. The van der Waals surface area contributed by atoms with Gasteiger partial charge in [-0.15, -0.1) is 0 Å². The van der Waals surface area contributed by atoms with Crippen molar-refractivity contribution in [1.82, 2.24) is 0 Å². The van der Waals surface area contributed by atoms with Crippen LogP contribution in [0.4, 0.5) is 0 Å². The summed E-state index contributed by atoms with van der Waals surface area (Å²) in [5.74, 6) is 0.605. The van der Waals surface area contributed by atoms with Crippen molar-refractivity contribution in [2.45, 2.75) is 39.1 Å². The largest absolute Gasteiger partial charge is 0.368 e. The Morgan fingerprint density at radius 3 is 2.44 bits per heavy atom. The third-order valence-electron chi connectivity index (χ3n) is 2.04. The molecule has 54 valence electrons. The van der Waals surface area contributed by atoms with Gasteiger partial charge in [-0.05, 0) is 25.7 Å². The highest BCUT2D eigenvalue weighted by atomic mass is 16.6. The Kier molecular flexibility index (Phi) is 2.09. The van der Waals surface area contributed by atoms with Gasteiger partial charge in [0.15, 0.2) is 6.29 Å². The van der Waals surface area contributed by atoms with Crippen molar-refractivity contribution in [1.29, 1.82) is 0 Å². The lowest BCUT2D eigenvalue weighted by atomic mass is 9.97. The van der Waals surface area contributed by atoms with E-state index in [9.17, 15) is 0 Å². The van der Waals surface area contributed by atoms with Crippen LogP contribution in [-0.4, -0.2) is 17.5 Å². The van der Waals surface area contributed by atoms with Gasteiger partial charge in [-0.1, -0.05) is 6.92 Å². The first-order chi connectivity index (χ1) is 4.20. The lowest BCUT2D eigenvalue weighted by molar-refractivity contribution is -0.173. The average Bonchev–Trinajstić information content (AvgIpc) is 1.80. The van der Waals surface area contributed by atoms with Gasteiger partial charge in [-0.3, -0.25) is 0 Å². The molecule has 0 aromatic heterocycles. The minimum atomic E-state index is -0.504. The van der Waals surface area contributed by atoms with Crippen LogP contribution in [0.1, 0.15) is 26.7 Å². The SMILES string of the molecule is C[C@H]1CC[C@H](O)O[C@@H]1C. The summed E-state index contributed by atoms with van der Waals surface area (Å²) in [7, 11) is 0. The quantitative estimate of drug-likeness (QED) is 0.533. The summed E-state index contributed by atoms with van der Waals surface area (Å²) in [6.45, 7) is 4.16. The van der Waals surface area contributed by atoms with E-state index < -0.39 is 6.29 Å². The van der Waals surface area contributed by atoms with Crippen LogP contribution in [0, 0.1) is 5.92 Å². The molecule has 1 rings (SSSR count). The monoisotopic (exact) mass is 130 g/mol. The second kappa shape index (κ2) is 2.67. The molecule has 3 atom stereocenters. The number of rotatable bonds is 0. The standard InChI is InChI=1S/C7H14O2/c1-5-3-4-7(8)9-6(5)2/h5-8H,3-4H2,1-2H3/t5-,6+,7+/m0/s1. The van der Waals surface area contributed by atoms with Gasteiger partial charge in [0.1, 0.15) is 0 Å². The minimum absolute atomic E-state index is 0.230. The Balaban J connectivity index is 2.35. The van der Waals surface area contributed by atoms with Crippen LogP contribution in [0.25, 0.3) is 0 Å². The summed E-state index contributed by atoms with van der Waals surface area (Å²) in [6.07, 6.45) is 1.61. The van der Waals surface area contributed by atoms with E-state index in [0.29, 0.717) is 5.92 Å². The Bertz CT molecular complexity index is 92.9. The summed E-state index contributed by atoms with van der Waals surface area (Å²) >= 11 is 0. The summed E-state index contributed by atoms with van der Waals surface area (Å²) in [4.78, 5) is 0. The number of aliphatic hydroxyl groups excluding tert-OH is 1. The smallest absolute Gasteiger partial charge is 0.154 e. The molecule has 1 heterocycles. The van der Waals surface area contributed by atoms with Gasteiger partial charge in [0.05, 0.1) is 6.10 Å². The van der Waals surface area contributed by atoms with Crippen molar-refractivity contribution < 1.29 is 9.84 Å². The maximum absolute atomic E-state index is 8.98. The van der Waals surface area contributed by atoms with Crippen LogP contribution in [-0.2, 0) is 4.74 Å². The summed E-state index contributed by atoms with van der Waals surface area (Å²) < 4.78 is 5.15. The van der Waals surface area contributed by atoms with Crippen molar-refractivity contribution >= 4 is 0 Å². The molecule has 1 fully saturated rings. The lowest BCUT2D eigenvalue weighted by Gasteiger charge is -2.29. The molecule has 2 nitrogen and oxygen atoms in total. The first-order valence-corrected chi connectivity index (χ1v) is 3.53. The Labute approximate surface area is 55.8 Å². The van der Waals surface area contributed by atoms with E-state index in [4.69, 9.17) is 9.84 Å². The van der Waals surface area contributed by atoms with Crippen molar-refractivity contribution in [3.8, 4) is 0 Å². The topological polar surface area (TPSA) is 29.5 Å². The number of hydrogen-bond donors (Lipinski definition) is 1. The van der Waals surface area contributed by atoms with E-state index >= 15 is 0 Å². The van der Waals surface area contributed by atoms with E-state index in [-0.39, 0.29) is 6.10 Å². The van der Waals surface area contributed by atoms with Crippen LogP contribution in [0.15, 0.2) is 0 Å². The molecule has 0 amide bonds. The predicted molar refractivity (Wildman–Crippen MR) is 35.0 cm³/mol. The molecule has 0 aromatic rings. The number of ether oxygens (including phenoxy) is 1. The van der Waals surface area contributed by atoms with Crippen LogP contribution in [0.5, 0.6) is 0 Å². The second-order valence-electron chi connectivity index (χ2n) is 2.85. The summed E-state index contributed by atoms with van der Waals surface area (Å²) in [5.41, 5.74) is 0. The van der Waals surface area contributed by atoms with Gasteiger partial charge in [0.25, 0.3) is 0 Å². The zero-order valence-electron chi connectivity index (χ0n) is 6.00. The summed E-state index contributed by atoms with van der Waals surface area (Å²) in [5, 5.41) is 8.98. The minimum Gasteiger partial charge on any atom is -0.368 e. The molecule has 0 radical (unpaired) electrons. The van der Waals surface area contributed by atoms with E-state index in [1.807, 2.05) is 6.92 Å². The molecule has 1 aliphatic heterocycles. The van der Waals surface area contributed by atoms with Crippen LogP contribution in [0.2, 0.25) is 0 Å². The Morgan fingerprint density at radius 1 is 1.33 bits per heavy atom. The van der Waals surface area contributed by atoms with Crippen molar-refractivity contribution in [3.63, 3.8) is 0 Å². The van der Waals surface area contributed by atoms with E-state index in [1.54, 1.807) is 0 Å². The fourth-order valence-corrected chi connectivity index (χ4v) is 1.09. The zero-order valence-corrected chi connectivity index (χ0v) is 6.00. The van der Waals surface area contributed by atoms with E-state index in [1.165, 1.54) is 0 Å². The maximum Gasteiger partial charge on any atom is 0.154 e. The summed E-state index contributed by atoms with van der Waals surface area (Å²) in [6, 6.07) is 0. The van der Waals surface area contributed by atoms with Crippen LogP contribution in [0.3, 0.4) is 0 Å². The van der Waals surface area contributed by atoms with Gasteiger partial charge in [0.2, 0.25) is 0 Å². The molecular formula is C7H14O2. The normalized spacial score (nSPS) is 45.0. The first-order valence-electron chi connectivity index (χ1n) is 3.53. The van der Waals surface area contributed by atoms with Gasteiger partial charge < -0.3 is 9.84 Å². The molecule has 0 saturated carbocycles.